The molecule has 1 aromatic carbocycles. The lowest BCUT2D eigenvalue weighted by molar-refractivity contribution is -0.113. The maximum absolute atomic E-state index is 12.5. The van der Waals surface area contributed by atoms with Gasteiger partial charge in [0.15, 0.2) is 0 Å². The number of benzene rings is 1. The van der Waals surface area contributed by atoms with E-state index in [2.05, 4.69) is 20.6 Å². The summed E-state index contributed by atoms with van der Waals surface area (Å²) >= 11 is 1.50. The van der Waals surface area contributed by atoms with Gasteiger partial charge in [0.2, 0.25) is 11.8 Å². The third-order valence-electron chi connectivity index (χ3n) is 6.91. The van der Waals surface area contributed by atoms with Gasteiger partial charge in [-0.3, -0.25) is 14.7 Å². The Balaban J connectivity index is 1.06. The normalized spacial score (nSPS) is 20.3. The van der Waals surface area contributed by atoms with Crippen molar-refractivity contribution < 1.29 is 23.8 Å². The second kappa shape index (κ2) is 10.1. The Kier molecular flexibility index (Phi) is 6.47. The number of ether oxygens (including phenoxy) is 3. The van der Waals surface area contributed by atoms with Gasteiger partial charge in [0.1, 0.15) is 17.9 Å². The summed E-state index contributed by atoms with van der Waals surface area (Å²) in [4.78, 5) is 36.1. The lowest BCUT2D eigenvalue weighted by atomic mass is 9.97. The molecule has 10 nitrogen and oxygen atoms in total. The summed E-state index contributed by atoms with van der Waals surface area (Å²) in [5.74, 6) is 1.93. The van der Waals surface area contributed by atoms with Gasteiger partial charge in [-0.05, 0) is 50.2 Å². The summed E-state index contributed by atoms with van der Waals surface area (Å²) in [6.07, 6.45) is 3.04. The van der Waals surface area contributed by atoms with Crippen LogP contribution in [0, 0.1) is 0 Å². The minimum atomic E-state index is -0.358. The number of hydrogen-bond donors (Lipinski definition) is 2. The van der Waals surface area contributed by atoms with Crippen LogP contribution >= 0.6 is 11.8 Å². The van der Waals surface area contributed by atoms with Crippen molar-refractivity contribution in [1.82, 2.24) is 15.3 Å². The first kappa shape index (κ1) is 23.8. The molecule has 3 aliphatic heterocycles. The molecule has 0 radical (unpaired) electrons. The predicted octanol–water partition coefficient (Wildman–Crippen LogP) is 3.55. The number of carbonyl (C=O) groups excluding carboxylic acids is 2. The minimum Gasteiger partial charge on any atom is -0.491 e. The molecule has 1 saturated heterocycles. The van der Waals surface area contributed by atoms with Crippen LogP contribution in [0.15, 0.2) is 41.4 Å². The molecule has 2 aromatic heterocycles. The summed E-state index contributed by atoms with van der Waals surface area (Å²) in [7, 11) is 1.61. The Morgan fingerprint density at radius 2 is 2.05 bits per heavy atom. The smallest absolute Gasteiger partial charge is 0.414 e. The highest BCUT2D eigenvalue weighted by Crippen LogP contribution is 2.40. The largest absolute Gasteiger partial charge is 0.491 e. The Hall–Kier alpha value is -3.57. The number of cyclic esters (lactones) is 1. The van der Waals surface area contributed by atoms with Crippen molar-refractivity contribution in [2.24, 2.45) is 0 Å². The average molecular weight is 522 g/mol. The molecule has 2 N–H and O–H groups in total. The molecule has 0 saturated carbocycles. The molecule has 3 aromatic rings. The number of carbonyl (C=O) groups is 2. The van der Waals surface area contributed by atoms with Crippen molar-refractivity contribution in [3.8, 4) is 11.6 Å². The molecule has 2 atom stereocenters. The molecule has 3 aliphatic rings. The topological polar surface area (TPSA) is 115 Å². The van der Waals surface area contributed by atoms with E-state index in [9.17, 15) is 9.59 Å². The first-order valence-corrected chi connectivity index (χ1v) is 13.3. The van der Waals surface area contributed by atoms with E-state index in [4.69, 9.17) is 14.2 Å². The third-order valence-corrected chi connectivity index (χ3v) is 7.98. The molecule has 6 rings (SSSR count). The zero-order chi connectivity index (χ0) is 25.4. The van der Waals surface area contributed by atoms with Crippen LogP contribution in [0.25, 0.3) is 11.0 Å². The summed E-state index contributed by atoms with van der Waals surface area (Å²) in [6.45, 7) is 2.47. The zero-order valence-electron chi connectivity index (χ0n) is 20.4. The van der Waals surface area contributed by atoms with Crippen molar-refractivity contribution in [2.45, 2.75) is 29.7 Å². The van der Waals surface area contributed by atoms with Gasteiger partial charge in [0, 0.05) is 28.1 Å². The number of anilines is 2. The van der Waals surface area contributed by atoms with Crippen LogP contribution in [0.2, 0.25) is 0 Å². The van der Waals surface area contributed by atoms with Crippen LogP contribution in [-0.4, -0.2) is 67.2 Å². The lowest BCUT2D eigenvalue weighted by Crippen LogP contribution is -2.36. The summed E-state index contributed by atoms with van der Waals surface area (Å²) in [5.41, 5.74) is 4.22. The second-order valence-electron chi connectivity index (χ2n) is 9.21. The molecule has 11 heteroatoms. The van der Waals surface area contributed by atoms with E-state index >= 15 is 0 Å². The maximum Gasteiger partial charge on any atom is 0.414 e. The van der Waals surface area contributed by atoms with Gasteiger partial charge in [-0.25, -0.2) is 9.78 Å². The fourth-order valence-corrected chi connectivity index (χ4v) is 5.84. The molecular formula is C26H27N5O5S. The van der Waals surface area contributed by atoms with Gasteiger partial charge in [0.25, 0.3) is 0 Å². The highest BCUT2D eigenvalue weighted by atomic mass is 32.2. The van der Waals surface area contributed by atoms with E-state index in [1.807, 2.05) is 30.3 Å². The van der Waals surface area contributed by atoms with E-state index in [0.717, 1.165) is 64.5 Å². The van der Waals surface area contributed by atoms with Crippen molar-refractivity contribution in [3.63, 3.8) is 0 Å². The number of thioether (sulfide) groups is 1. The van der Waals surface area contributed by atoms with Crippen LogP contribution in [0.1, 0.15) is 24.3 Å². The van der Waals surface area contributed by atoms with Gasteiger partial charge in [-0.2, -0.15) is 0 Å². The quantitative estimate of drug-likeness (QED) is 0.430. The minimum absolute atomic E-state index is 0.0335. The fraction of sp³-hybridized carbons (Fsp3) is 0.385. The highest BCUT2D eigenvalue weighted by Gasteiger charge is 2.34. The number of amides is 2. The van der Waals surface area contributed by atoms with Crippen molar-refractivity contribution >= 4 is 46.2 Å². The zero-order valence-corrected chi connectivity index (χ0v) is 21.2. The summed E-state index contributed by atoms with van der Waals surface area (Å²) in [6, 6.07) is 9.37. The molecule has 0 unspecified atom stereocenters. The molecule has 0 spiro atoms. The number of pyridine rings is 2. The molecule has 1 fully saturated rings. The fourth-order valence-electron chi connectivity index (χ4n) is 5.06. The predicted molar refractivity (Wildman–Crippen MR) is 140 cm³/mol. The molecule has 192 valence electrons. The molecule has 2 amide bonds. The average Bonchev–Trinajstić information content (AvgIpc) is 3.50. The van der Waals surface area contributed by atoms with E-state index in [0.29, 0.717) is 24.8 Å². The summed E-state index contributed by atoms with van der Waals surface area (Å²) in [5, 5.41) is 6.40. The first-order valence-electron chi connectivity index (χ1n) is 12.3. The summed E-state index contributed by atoms with van der Waals surface area (Å²) < 4.78 is 16.6. The molecular weight excluding hydrogens is 494 g/mol. The van der Waals surface area contributed by atoms with Gasteiger partial charge < -0.3 is 24.8 Å². The maximum atomic E-state index is 12.5. The van der Waals surface area contributed by atoms with Crippen molar-refractivity contribution in [1.29, 1.82) is 0 Å². The number of rotatable bonds is 8. The lowest BCUT2D eigenvalue weighted by Gasteiger charge is -2.24. The van der Waals surface area contributed by atoms with E-state index in [1.54, 1.807) is 18.2 Å². The van der Waals surface area contributed by atoms with Crippen LogP contribution < -0.4 is 25.0 Å². The number of aromatic nitrogens is 2. The van der Waals surface area contributed by atoms with Gasteiger partial charge in [-0.15, -0.1) is 11.8 Å². The highest BCUT2D eigenvalue weighted by molar-refractivity contribution is 8.00. The molecule has 0 aliphatic carbocycles. The molecule has 5 heterocycles. The monoisotopic (exact) mass is 521 g/mol. The number of nitrogens with one attached hydrogen (secondary N) is 2. The van der Waals surface area contributed by atoms with E-state index in [1.165, 1.54) is 11.8 Å². The number of methoxy groups -OCH3 is 1. The van der Waals surface area contributed by atoms with Gasteiger partial charge >= 0.3 is 6.09 Å². The van der Waals surface area contributed by atoms with Gasteiger partial charge in [-0.1, -0.05) is 0 Å². The number of fused-ring (bicyclic) bond motifs is 4. The van der Waals surface area contributed by atoms with Crippen molar-refractivity contribution in [2.75, 3.05) is 49.4 Å². The van der Waals surface area contributed by atoms with Crippen LogP contribution in [0.5, 0.6) is 11.6 Å². The number of nitrogens with zero attached hydrogens (tertiary/aromatic N) is 3. The van der Waals surface area contributed by atoms with Gasteiger partial charge in [0.05, 0.1) is 42.9 Å². The SMILES string of the molecule is COc1ccc2ncc3c(c2n1)[C@@H](CCNCC[C@H]1COC(=O)N1c1ccc2c(c1)NC(=O)CS2)CO3. The number of hydrogen-bond acceptors (Lipinski definition) is 9. The van der Waals surface area contributed by atoms with Crippen LogP contribution in [0.3, 0.4) is 0 Å². The Morgan fingerprint density at radius 1 is 1.16 bits per heavy atom. The third kappa shape index (κ3) is 4.64. The van der Waals surface area contributed by atoms with Crippen molar-refractivity contribution in [3.05, 3.63) is 42.1 Å². The Bertz CT molecular complexity index is 1370. The van der Waals surface area contributed by atoms with E-state index in [-0.39, 0.29) is 24.0 Å². The second-order valence-corrected chi connectivity index (χ2v) is 10.2. The first-order chi connectivity index (χ1) is 18.1. The van der Waals surface area contributed by atoms with E-state index < -0.39 is 0 Å². The molecule has 0 bridgehead atoms. The Labute approximate surface area is 218 Å². The molecule has 37 heavy (non-hydrogen) atoms. The van der Waals surface area contributed by atoms with Crippen LogP contribution in [-0.2, 0) is 9.53 Å². The standard InChI is InChI=1S/C26H27N5O5S/c1-34-23-5-3-18-25(30-23)24-15(12-35-20(24)11-28-18)6-8-27-9-7-17-13-36-26(33)31(17)16-2-4-21-19(10-16)29-22(32)14-37-21/h2-5,10-11,15,17,27H,6-9,12-14H2,1H3,(H,29,32)/t15-,17-/m0/s1. The van der Waals surface area contributed by atoms with Crippen LogP contribution in [0.4, 0.5) is 16.2 Å². The Morgan fingerprint density at radius 3 is 2.95 bits per heavy atom.